The highest BCUT2D eigenvalue weighted by Crippen LogP contribution is 2.39. The third kappa shape index (κ3) is 4.07. The molecule has 10 heteroatoms. The van der Waals surface area contributed by atoms with Crippen molar-refractivity contribution < 1.29 is 28.6 Å². The van der Waals surface area contributed by atoms with Gasteiger partial charge in [-0.2, -0.15) is 0 Å². The van der Waals surface area contributed by atoms with Crippen LogP contribution in [0.25, 0.3) is 10.1 Å². The number of benzene rings is 1. The molecule has 0 fully saturated rings. The van der Waals surface area contributed by atoms with Crippen molar-refractivity contribution in [2.24, 2.45) is 0 Å². The van der Waals surface area contributed by atoms with E-state index in [0.717, 1.165) is 11.3 Å². The largest absolute Gasteiger partial charge is 0.479 e. The molecule has 0 saturated carbocycles. The molecular formula is C17H14N2O6S2. The predicted octanol–water partition coefficient (Wildman–Crippen LogP) is 2.95. The number of thiazole rings is 1. The first-order valence-electron chi connectivity index (χ1n) is 7.58. The lowest BCUT2D eigenvalue weighted by Gasteiger charge is -2.06. The highest BCUT2D eigenvalue weighted by molar-refractivity contribution is 7.21. The maximum absolute atomic E-state index is 12.4. The number of thiophene rings is 1. The smallest absolute Gasteiger partial charge is 0.351 e. The lowest BCUT2D eigenvalue weighted by Crippen LogP contribution is -2.14. The van der Waals surface area contributed by atoms with Crippen molar-refractivity contribution in [1.82, 2.24) is 4.98 Å². The van der Waals surface area contributed by atoms with Crippen LogP contribution in [-0.2, 0) is 14.3 Å². The molecule has 3 rings (SSSR count). The van der Waals surface area contributed by atoms with Crippen LogP contribution in [0.5, 0.6) is 5.75 Å². The Bertz CT molecular complexity index is 996. The molecule has 1 amide bonds. The van der Waals surface area contributed by atoms with Gasteiger partial charge in [0.1, 0.15) is 0 Å². The topological polar surface area (TPSA) is 104 Å². The van der Waals surface area contributed by atoms with E-state index in [1.807, 2.05) is 0 Å². The predicted molar refractivity (Wildman–Crippen MR) is 101 cm³/mol. The minimum Gasteiger partial charge on any atom is -0.479 e. The van der Waals surface area contributed by atoms with Gasteiger partial charge in [-0.25, -0.2) is 14.6 Å². The average molecular weight is 406 g/mol. The Morgan fingerprint density at radius 2 is 2.00 bits per heavy atom. The summed E-state index contributed by atoms with van der Waals surface area (Å²) >= 11 is 2.42. The molecule has 0 unspecified atom stereocenters. The van der Waals surface area contributed by atoms with Crippen LogP contribution in [0.15, 0.2) is 29.8 Å². The number of hydrogen-bond acceptors (Lipinski definition) is 9. The van der Waals surface area contributed by atoms with Crippen LogP contribution in [0.3, 0.4) is 0 Å². The molecule has 0 radical (unpaired) electrons. The van der Waals surface area contributed by atoms with Gasteiger partial charge >= 0.3 is 11.9 Å². The van der Waals surface area contributed by atoms with Crippen molar-refractivity contribution in [2.45, 2.75) is 0 Å². The molecule has 0 aliphatic heterocycles. The normalized spacial score (nSPS) is 10.4. The molecule has 140 valence electrons. The quantitative estimate of drug-likeness (QED) is 0.628. The number of rotatable bonds is 6. The van der Waals surface area contributed by atoms with Crippen LogP contribution in [0, 0.1) is 0 Å². The van der Waals surface area contributed by atoms with Crippen molar-refractivity contribution in [1.29, 1.82) is 0 Å². The third-order valence-electron chi connectivity index (χ3n) is 3.49. The van der Waals surface area contributed by atoms with Crippen LogP contribution in [-0.4, -0.2) is 43.7 Å². The molecule has 1 N–H and O–H groups in total. The van der Waals surface area contributed by atoms with Gasteiger partial charge in [0.15, 0.2) is 22.4 Å². The Morgan fingerprint density at radius 1 is 1.19 bits per heavy atom. The van der Waals surface area contributed by atoms with Gasteiger partial charge < -0.3 is 14.2 Å². The van der Waals surface area contributed by atoms with Gasteiger partial charge in [0.25, 0.3) is 5.91 Å². The molecule has 1 aromatic carbocycles. The number of nitrogens with zero attached hydrogens (tertiary/aromatic N) is 1. The molecule has 0 bridgehead atoms. The van der Waals surface area contributed by atoms with E-state index in [1.165, 1.54) is 25.6 Å². The van der Waals surface area contributed by atoms with Crippen molar-refractivity contribution in [3.8, 4) is 5.75 Å². The van der Waals surface area contributed by atoms with Crippen LogP contribution in [0.1, 0.15) is 20.0 Å². The molecule has 0 atom stereocenters. The standard InChI is InChI=1S/C17H14N2O6S2/c1-23-12(20)8-25-13-10-4-3-9(15(21)19-17-18-5-6-26-17)7-11(10)27-14(13)16(22)24-2/h3-7H,8H2,1-2H3,(H,18,19,21). The van der Waals surface area contributed by atoms with E-state index in [1.54, 1.807) is 29.8 Å². The first kappa shape index (κ1) is 18.8. The lowest BCUT2D eigenvalue weighted by atomic mass is 10.1. The Kier molecular flexibility index (Phi) is 5.67. The van der Waals surface area contributed by atoms with Gasteiger partial charge in [-0.15, -0.1) is 22.7 Å². The SMILES string of the molecule is COC(=O)COc1c(C(=O)OC)sc2cc(C(=O)Nc3nccs3)ccc12. The number of nitrogens with one attached hydrogen (secondary N) is 1. The molecule has 8 nitrogen and oxygen atoms in total. The number of ether oxygens (including phenoxy) is 3. The number of amides is 1. The first-order valence-corrected chi connectivity index (χ1v) is 9.28. The van der Waals surface area contributed by atoms with Gasteiger partial charge in [-0.05, 0) is 18.2 Å². The summed E-state index contributed by atoms with van der Waals surface area (Å²) in [6, 6.07) is 4.89. The summed E-state index contributed by atoms with van der Waals surface area (Å²) in [5.74, 6) is -1.27. The number of anilines is 1. The summed E-state index contributed by atoms with van der Waals surface area (Å²) in [6.45, 7) is -0.349. The zero-order valence-corrected chi connectivity index (χ0v) is 15.9. The summed E-state index contributed by atoms with van der Waals surface area (Å²) in [7, 11) is 2.50. The fraction of sp³-hybridized carbons (Fsp3) is 0.176. The highest BCUT2D eigenvalue weighted by Gasteiger charge is 2.22. The maximum Gasteiger partial charge on any atom is 0.351 e. The highest BCUT2D eigenvalue weighted by atomic mass is 32.1. The zero-order valence-electron chi connectivity index (χ0n) is 14.3. The Hall–Kier alpha value is -2.98. The Labute approximate surface area is 161 Å². The van der Waals surface area contributed by atoms with Crippen molar-refractivity contribution >= 4 is 55.7 Å². The van der Waals surface area contributed by atoms with Gasteiger partial charge in [-0.3, -0.25) is 10.1 Å². The number of aromatic nitrogens is 1. The Morgan fingerprint density at radius 3 is 2.67 bits per heavy atom. The summed E-state index contributed by atoms with van der Waals surface area (Å²) < 4.78 is 15.4. The molecule has 3 aromatic rings. The fourth-order valence-electron chi connectivity index (χ4n) is 2.23. The second-order valence-corrected chi connectivity index (χ2v) is 7.07. The minimum absolute atomic E-state index is 0.203. The van der Waals surface area contributed by atoms with Crippen LogP contribution in [0.4, 0.5) is 5.13 Å². The monoisotopic (exact) mass is 406 g/mol. The lowest BCUT2D eigenvalue weighted by molar-refractivity contribution is -0.142. The number of carbonyl (C=O) groups excluding carboxylic acids is 3. The number of methoxy groups -OCH3 is 2. The van der Waals surface area contributed by atoms with Crippen LogP contribution < -0.4 is 10.1 Å². The minimum atomic E-state index is -0.593. The fourth-order valence-corrected chi connectivity index (χ4v) is 3.86. The molecule has 2 aromatic heterocycles. The van der Waals surface area contributed by atoms with E-state index in [2.05, 4.69) is 15.0 Å². The van der Waals surface area contributed by atoms with Gasteiger partial charge in [-0.1, -0.05) is 0 Å². The van der Waals surface area contributed by atoms with E-state index >= 15 is 0 Å². The zero-order chi connectivity index (χ0) is 19.4. The van der Waals surface area contributed by atoms with Gasteiger partial charge in [0.05, 0.1) is 14.2 Å². The van der Waals surface area contributed by atoms with E-state index in [9.17, 15) is 14.4 Å². The maximum atomic E-state index is 12.4. The number of hydrogen-bond donors (Lipinski definition) is 1. The van der Waals surface area contributed by atoms with Crippen molar-refractivity contribution in [3.63, 3.8) is 0 Å². The molecule has 0 saturated heterocycles. The second-order valence-electron chi connectivity index (χ2n) is 5.12. The van der Waals surface area contributed by atoms with E-state index in [0.29, 0.717) is 20.8 Å². The second kappa shape index (κ2) is 8.14. The van der Waals surface area contributed by atoms with E-state index in [-0.39, 0.29) is 23.1 Å². The van der Waals surface area contributed by atoms with Crippen molar-refractivity contribution in [2.75, 3.05) is 26.1 Å². The van der Waals surface area contributed by atoms with Gasteiger partial charge in [0, 0.05) is 27.2 Å². The summed E-state index contributed by atoms with van der Waals surface area (Å²) in [4.78, 5) is 40.0. The number of fused-ring (bicyclic) bond motifs is 1. The average Bonchev–Trinajstić information content (AvgIpc) is 3.32. The molecule has 27 heavy (non-hydrogen) atoms. The van der Waals surface area contributed by atoms with Crippen LogP contribution >= 0.6 is 22.7 Å². The Balaban J connectivity index is 1.95. The third-order valence-corrected chi connectivity index (χ3v) is 5.29. The molecular weight excluding hydrogens is 392 g/mol. The number of carbonyl (C=O) groups is 3. The number of esters is 2. The van der Waals surface area contributed by atoms with Gasteiger partial charge in [0.2, 0.25) is 0 Å². The molecule has 0 aliphatic rings. The van der Waals surface area contributed by atoms with Crippen molar-refractivity contribution in [3.05, 3.63) is 40.2 Å². The molecule has 0 spiro atoms. The van der Waals surface area contributed by atoms with E-state index < -0.39 is 11.9 Å². The summed E-state index contributed by atoms with van der Waals surface area (Å²) in [5, 5.41) is 5.53. The van der Waals surface area contributed by atoms with E-state index in [4.69, 9.17) is 9.47 Å². The molecule has 0 aliphatic carbocycles. The first-order chi connectivity index (χ1) is 13.0. The summed E-state index contributed by atoms with van der Waals surface area (Å²) in [5.41, 5.74) is 0.398. The molecule has 2 heterocycles. The van der Waals surface area contributed by atoms with Crippen LogP contribution in [0.2, 0.25) is 0 Å². The summed E-state index contributed by atoms with van der Waals surface area (Å²) in [6.07, 6.45) is 1.59.